The van der Waals surface area contributed by atoms with Gasteiger partial charge >= 0.3 is 6.18 Å². The third-order valence-electron chi connectivity index (χ3n) is 3.96. The first-order valence-corrected chi connectivity index (χ1v) is 7.29. The van der Waals surface area contributed by atoms with E-state index in [1.807, 2.05) is 6.92 Å². The Kier molecular flexibility index (Phi) is 3.72. The monoisotopic (exact) mass is 330 g/mol. The fourth-order valence-electron chi connectivity index (χ4n) is 2.89. The van der Waals surface area contributed by atoms with E-state index in [1.54, 1.807) is 16.7 Å². The first-order valence-electron chi connectivity index (χ1n) is 7.29. The van der Waals surface area contributed by atoms with Crippen LogP contribution in [0.25, 0.3) is 22.2 Å². The molecule has 0 aliphatic heterocycles. The highest BCUT2D eigenvalue weighted by atomic mass is 19.4. The van der Waals surface area contributed by atoms with Crippen LogP contribution >= 0.6 is 0 Å². The molecule has 3 aromatic rings. The first-order chi connectivity index (χ1) is 11.4. The smallest absolute Gasteiger partial charge is 0.416 e. The highest BCUT2D eigenvalue weighted by Gasteiger charge is 2.31. The van der Waals surface area contributed by atoms with Gasteiger partial charge in [-0.15, -0.1) is 0 Å². The number of rotatable bonds is 2. The SMILES string of the molecule is CCn1c(-c2ccc(O)cc2)c(C#N)c2ccc(C(F)(F)F)cc21. The molecule has 0 bridgehead atoms. The van der Waals surface area contributed by atoms with Crippen LogP contribution in [-0.4, -0.2) is 9.67 Å². The van der Waals surface area contributed by atoms with Gasteiger partial charge in [0.25, 0.3) is 0 Å². The number of hydrogen-bond donors (Lipinski definition) is 1. The van der Waals surface area contributed by atoms with Gasteiger partial charge in [0.1, 0.15) is 11.8 Å². The molecule has 0 saturated carbocycles. The zero-order valence-corrected chi connectivity index (χ0v) is 12.7. The molecule has 3 rings (SSSR count). The highest BCUT2D eigenvalue weighted by Crippen LogP contribution is 2.37. The molecule has 0 spiro atoms. The number of fused-ring (bicyclic) bond motifs is 1. The summed E-state index contributed by atoms with van der Waals surface area (Å²) in [6.07, 6.45) is -4.44. The van der Waals surface area contributed by atoms with Crippen LogP contribution in [0.4, 0.5) is 13.2 Å². The zero-order valence-electron chi connectivity index (χ0n) is 12.7. The molecule has 0 saturated heterocycles. The molecule has 0 atom stereocenters. The molecule has 3 nitrogen and oxygen atoms in total. The van der Waals surface area contributed by atoms with Crippen molar-refractivity contribution in [1.82, 2.24) is 4.57 Å². The Labute approximate surface area is 136 Å². The fraction of sp³-hybridized carbons (Fsp3) is 0.167. The van der Waals surface area contributed by atoms with Crippen LogP contribution in [0.3, 0.4) is 0 Å². The van der Waals surface area contributed by atoms with Crippen molar-refractivity contribution in [3.63, 3.8) is 0 Å². The molecule has 0 aliphatic rings. The van der Waals surface area contributed by atoms with E-state index in [1.165, 1.54) is 18.2 Å². The number of alkyl halides is 3. The molecule has 1 aromatic heterocycles. The maximum atomic E-state index is 13.0. The fourth-order valence-corrected chi connectivity index (χ4v) is 2.89. The van der Waals surface area contributed by atoms with Gasteiger partial charge in [-0.25, -0.2) is 0 Å². The van der Waals surface area contributed by atoms with Crippen molar-refractivity contribution in [2.24, 2.45) is 0 Å². The molecule has 0 aliphatic carbocycles. The molecular weight excluding hydrogens is 317 g/mol. The van der Waals surface area contributed by atoms with E-state index in [9.17, 15) is 23.5 Å². The van der Waals surface area contributed by atoms with Crippen molar-refractivity contribution in [3.05, 3.63) is 53.6 Å². The lowest BCUT2D eigenvalue weighted by molar-refractivity contribution is -0.137. The summed E-state index contributed by atoms with van der Waals surface area (Å²) >= 11 is 0. The summed E-state index contributed by atoms with van der Waals surface area (Å²) in [5.41, 5.74) is 1.16. The minimum absolute atomic E-state index is 0.0794. The maximum absolute atomic E-state index is 13.0. The van der Waals surface area contributed by atoms with E-state index < -0.39 is 11.7 Å². The summed E-state index contributed by atoms with van der Waals surface area (Å²) in [5, 5.41) is 19.4. The summed E-state index contributed by atoms with van der Waals surface area (Å²) in [6.45, 7) is 2.22. The number of aromatic nitrogens is 1. The van der Waals surface area contributed by atoms with Gasteiger partial charge in [-0.1, -0.05) is 6.07 Å². The van der Waals surface area contributed by atoms with Crippen LogP contribution in [-0.2, 0) is 12.7 Å². The van der Waals surface area contributed by atoms with E-state index >= 15 is 0 Å². The third kappa shape index (κ3) is 2.48. The Bertz CT molecular complexity index is 948. The Morgan fingerprint density at radius 2 is 1.79 bits per heavy atom. The van der Waals surface area contributed by atoms with Gasteiger partial charge in [0.2, 0.25) is 0 Å². The third-order valence-corrected chi connectivity index (χ3v) is 3.96. The topological polar surface area (TPSA) is 49.0 Å². The lowest BCUT2D eigenvalue weighted by Crippen LogP contribution is -2.05. The molecule has 2 aromatic carbocycles. The second-order valence-corrected chi connectivity index (χ2v) is 5.36. The lowest BCUT2D eigenvalue weighted by atomic mass is 10.1. The van der Waals surface area contributed by atoms with Gasteiger partial charge in [0.05, 0.1) is 22.3 Å². The second kappa shape index (κ2) is 5.60. The largest absolute Gasteiger partial charge is 0.508 e. The molecule has 122 valence electrons. The summed E-state index contributed by atoms with van der Waals surface area (Å²) in [6, 6.07) is 11.7. The summed E-state index contributed by atoms with van der Waals surface area (Å²) in [7, 11) is 0. The highest BCUT2D eigenvalue weighted by molar-refractivity contribution is 5.95. The Morgan fingerprint density at radius 3 is 2.33 bits per heavy atom. The van der Waals surface area contributed by atoms with Crippen LogP contribution in [0.1, 0.15) is 18.1 Å². The summed E-state index contributed by atoms with van der Waals surface area (Å²) in [5.74, 6) is 0.0794. The molecule has 0 unspecified atom stereocenters. The van der Waals surface area contributed by atoms with Gasteiger partial charge in [-0.3, -0.25) is 0 Å². The van der Waals surface area contributed by atoms with Crippen molar-refractivity contribution in [2.75, 3.05) is 0 Å². The van der Waals surface area contributed by atoms with Crippen LogP contribution in [0, 0.1) is 11.3 Å². The minimum atomic E-state index is -4.44. The Balaban J connectivity index is 2.37. The van der Waals surface area contributed by atoms with Crippen molar-refractivity contribution in [3.8, 4) is 23.1 Å². The minimum Gasteiger partial charge on any atom is -0.508 e. The predicted molar refractivity (Wildman–Crippen MR) is 84.4 cm³/mol. The standard InChI is InChI=1S/C18H13F3N2O/c1-2-23-16-9-12(18(19,20)21)5-8-14(16)15(10-22)17(23)11-3-6-13(24)7-4-11/h3-9,24H,2H2,1H3. The maximum Gasteiger partial charge on any atom is 0.416 e. The number of halogens is 3. The van der Waals surface area contributed by atoms with Crippen LogP contribution in [0.5, 0.6) is 5.75 Å². The van der Waals surface area contributed by atoms with Gasteiger partial charge in [0.15, 0.2) is 0 Å². The number of benzene rings is 2. The van der Waals surface area contributed by atoms with Crippen molar-refractivity contribution in [2.45, 2.75) is 19.6 Å². The zero-order chi connectivity index (χ0) is 17.5. The molecule has 1 N–H and O–H groups in total. The van der Waals surface area contributed by atoms with Crippen molar-refractivity contribution < 1.29 is 18.3 Å². The van der Waals surface area contributed by atoms with Crippen molar-refractivity contribution in [1.29, 1.82) is 5.26 Å². The van der Waals surface area contributed by atoms with E-state index in [2.05, 4.69) is 6.07 Å². The lowest BCUT2D eigenvalue weighted by Gasteiger charge is -2.10. The molecule has 24 heavy (non-hydrogen) atoms. The molecular formula is C18H13F3N2O. The van der Waals surface area contributed by atoms with Crippen molar-refractivity contribution >= 4 is 10.9 Å². The van der Waals surface area contributed by atoms with E-state index in [0.29, 0.717) is 34.3 Å². The summed E-state index contributed by atoms with van der Waals surface area (Å²) in [4.78, 5) is 0. The number of phenols is 1. The van der Waals surface area contributed by atoms with E-state index in [-0.39, 0.29) is 5.75 Å². The number of nitriles is 1. The van der Waals surface area contributed by atoms with E-state index in [4.69, 9.17) is 0 Å². The molecule has 0 radical (unpaired) electrons. The van der Waals surface area contributed by atoms with Gasteiger partial charge < -0.3 is 9.67 Å². The van der Waals surface area contributed by atoms with Gasteiger partial charge in [-0.2, -0.15) is 18.4 Å². The number of nitrogens with zero attached hydrogens (tertiary/aromatic N) is 2. The number of phenolic OH excluding ortho intramolecular Hbond substituents is 1. The van der Waals surface area contributed by atoms with Crippen LogP contribution in [0.2, 0.25) is 0 Å². The summed E-state index contributed by atoms with van der Waals surface area (Å²) < 4.78 is 40.7. The average Bonchev–Trinajstić information content (AvgIpc) is 2.87. The number of hydrogen-bond acceptors (Lipinski definition) is 2. The number of aryl methyl sites for hydroxylation is 1. The number of aromatic hydroxyl groups is 1. The first kappa shape index (κ1) is 15.9. The quantitative estimate of drug-likeness (QED) is 0.725. The Hall–Kier alpha value is -2.94. The Morgan fingerprint density at radius 1 is 1.12 bits per heavy atom. The molecule has 6 heteroatoms. The van der Waals surface area contributed by atoms with Crippen LogP contribution < -0.4 is 0 Å². The molecule has 0 amide bonds. The van der Waals surface area contributed by atoms with Gasteiger partial charge in [0, 0.05) is 11.9 Å². The molecule has 1 heterocycles. The normalized spacial score (nSPS) is 11.6. The van der Waals surface area contributed by atoms with Crippen LogP contribution in [0.15, 0.2) is 42.5 Å². The van der Waals surface area contributed by atoms with Gasteiger partial charge in [-0.05, 0) is 48.9 Å². The average molecular weight is 330 g/mol. The van der Waals surface area contributed by atoms with E-state index in [0.717, 1.165) is 12.1 Å². The predicted octanol–water partition coefficient (Wildman–Crippen LogP) is 4.92. The second-order valence-electron chi connectivity index (χ2n) is 5.36. The molecule has 0 fully saturated rings.